The van der Waals surface area contributed by atoms with E-state index in [0.29, 0.717) is 12.4 Å². The molecule has 4 heterocycles. The van der Waals surface area contributed by atoms with Crippen LogP contribution in [-0.2, 0) is 11.3 Å². The summed E-state index contributed by atoms with van der Waals surface area (Å²) in [4.78, 5) is 27.5. The van der Waals surface area contributed by atoms with Crippen LogP contribution in [-0.4, -0.2) is 41.7 Å². The minimum absolute atomic E-state index is 0.0812. The standard InChI is InChI=1S/C21H26N8O/c1-6-17-21-27-26-13(4)29(21)18-11-24-19(25-20(18)28(17)12(2)3)16-7-8-22-9-15(16)10-23-14(5)30/h7-9,11-12,17H,6,10H2,1-5H3,(H,23,30). The van der Waals surface area contributed by atoms with Crippen molar-refractivity contribution in [2.24, 2.45) is 0 Å². The first-order valence-electron chi connectivity index (χ1n) is 10.2. The highest BCUT2D eigenvalue weighted by atomic mass is 16.1. The molecule has 9 heteroatoms. The Bertz CT molecular complexity index is 1090. The van der Waals surface area contributed by atoms with E-state index >= 15 is 0 Å². The van der Waals surface area contributed by atoms with Crippen molar-refractivity contribution in [3.8, 4) is 17.1 Å². The average molecular weight is 406 g/mol. The minimum atomic E-state index is -0.0939. The van der Waals surface area contributed by atoms with Gasteiger partial charge in [0.2, 0.25) is 5.91 Å². The molecule has 156 valence electrons. The van der Waals surface area contributed by atoms with Crippen molar-refractivity contribution in [2.75, 3.05) is 4.90 Å². The molecule has 3 aromatic rings. The number of nitrogens with zero attached hydrogens (tertiary/aromatic N) is 7. The van der Waals surface area contributed by atoms with E-state index < -0.39 is 0 Å². The number of hydrogen-bond acceptors (Lipinski definition) is 7. The van der Waals surface area contributed by atoms with E-state index in [1.54, 1.807) is 12.4 Å². The number of rotatable bonds is 5. The summed E-state index contributed by atoms with van der Waals surface area (Å²) in [5, 5.41) is 11.6. The molecule has 1 N–H and O–H groups in total. The van der Waals surface area contributed by atoms with Crippen molar-refractivity contribution in [3.63, 3.8) is 0 Å². The third-order valence-corrected chi connectivity index (χ3v) is 5.33. The predicted molar refractivity (Wildman–Crippen MR) is 113 cm³/mol. The van der Waals surface area contributed by atoms with Gasteiger partial charge in [0.1, 0.15) is 11.5 Å². The van der Waals surface area contributed by atoms with Crippen molar-refractivity contribution >= 4 is 11.7 Å². The van der Waals surface area contributed by atoms with Gasteiger partial charge in [-0.3, -0.25) is 14.3 Å². The molecule has 1 unspecified atom stereocenters. The van der Waals surface area contributed by atoms with Gasteiger partial charge in [0.05, 0.1) is 12.2 Å². The van der Waals surface area contributed by atoms with E-state index in [-0.39, 0.29) is 18.0 Å². The molecule has 9 nitrogen and oxygen atoms in total. The number of amides is 1. The second-order valence-corrected chi connectivity index (χ2v) is 7.71. The Morgan fingerprint density at radius 1 is 1.27 bits per heavy atom. The summed E-state index contributed by atoms with van der Waals surface area (Å²) >= 11 is 0. The van der Waals surface area contributed by atoms with Gasteiger partial charge >= 0.3 is 0 Å². The summed E-state index contributed by atoms with van der Waals surface area (Å²) < 4.78 is 2.05. The van der Waals surface area contributed by atoms with Gasteiger partial charge in [-0.15, -0.1) is 10.2 Å². The van der Waals surface area contributed by atoms with E-state index in [0.717, 1.165) is 40.7 Å². The summed E-state index contributed by atoms with van der Waals surface area (Å²) in [5.74, 6) is 3.11. The summed E-state index contributed by atoms with van der Waals surface area (Å²) in [6.07, 6.45) is 6.18. The van der Waals surface area contributed by atoms with Crippen LogP contribution in [0.4, 0.5) is 5.82 Å². The van der Waals surface area contributed by atoms with Crippen molar-refractivity contribution < 1.29 is 4.79 Å². The van der Waals surface area contributed by atoms with Gasteiger partial charge in [-0.2, -0.15) is 0 Å². The Labute approximate surface area is 175 Å². The first-order chi connectivity index (χ1) is 14.4. The molecule has 1 aliphatic heterocycles. The van der Waals surface area contributed by atoms with Gasteiger partial charge in [0, 0.05) is 43.0 Å². The Balaban J connectivity index is 1.87. The Morgan fingerprint density at radius 3 is 2.77 bits per heavy atom. The van der Waals surface area contributed by atoms with E-state index in [9.17, 15) is 4.79 Å². The fourth-order valence-corrected chi connectivity index (χ4v) is 4.00. The largest absolute Gasteiger partial charge is 0.352 e. The molecule has 30 heavy (non-hydrogen) atoms. The second kappa shape index (κ2) is 7.81. The third kappa shape index (κ3) is 3.30. The van der Waals surface area contributed by atoms with Crippen molar-refractivity contribution in [2.45, 2.75) is 59.7 Å². The van der Waals surface area contributed by atoms with Crippen LogP contribution in [0.2, 0.25) is 0 Å². The highest BCUT2D eigenvalue weighted by molar-refractivity contribution is 5.73. The van der Waals surface area contributed by atoms with E-state index in [4.69, 9.17) is 4.98 Å². The first kappa shape index (κ1) is 19.9. The molecule has 0 radical (unpaired) electrons. The van der Waals surface area contributed by atoms with Gasteiger partial charge < -0.3 is 10.2 Å². The number of hydrogen-bond donors (Lipinski definition) is 1. The van der Waals surface area contributed by atoms with Crippen LogP contribution in [0, 0.1) is 6.92 Å². The number of aryl methyl sites for hydroxylation is 1. The number of carbonyl (C=O) groups is 1. The lowest BCUT2D eigenvalue weighted by Gasteiger charge is -2.39. The number of pyridine rings is 1. The normalized spacial score (nSPS) is 15.1. The summed E-state index contributed by atoms with van der Waals surface area (Å²) in [7, 11) is 0. The fourth-order valence-electron chi connectivity index (χ4n) is 4.00. The number of aromatic nitrogens is 6. The number of anilines is 1. The molecule has 0 aliphatic carbocycles. The molecule has 4 rings (SSSR count). The molecular formula is C21H26N8O. The van der Waals surface area contributed by atoms with E-state index in [1.807, 2.05) is 19.2 Å². The maximum atomic E-state index is 11.4. The quantitative estimate of drug-likeness (QED) is 0.695. The minimum Gasteiger partial charge on any atom is -0.352 e. The van der Waals surface area contributed by atoms with Gasteiger partial charge in [-0.1, -0.05) is 6.92 Å². The van der Waals surface area contributed by atoms with Crippen molar-refractivity contribution in [1.82, 2.24) is 35.0 Å². The van der Waals surface area contributed by atoms with Gasteiger partial charge in [0.15, 0.2) is 17.5 Å². The summed E-state index contributed by atoms with van der Waals surface area (Å²) in [5.41, 5.74) is 2.60. The van der Waals surface area contributed by atoms with Crippen LogP contribution < -0.4 is 10.2 Å². The first-order valence-corrected chi connectivity index (χ1v) is 10.2. The summed E-state index contributed by atoms with van der Waals surface area (Å²) in [6, 6.07) is 2.19. The predicted octanol–water partition coefficient (Wildman–Crippen LogP) is 2.74. The summed E-state index contributed by atoms with van der Waals surface area (Å²) in [6.45, 7) is 10.3. The zero-order valence-electron chi connectivity index (χ0n) is 17.9. The van der Waals surface area contributed by atoms with Crippen molar-refractivity contribution in [1.29, 1.82) is 0 Å². The lowest BCUT2D eigenvalue weighted by Crippen LogP contribution is -2.40. The molecule has 1 atom stereocenters. The highest BCUT2D eigenvalue weighted by Gasteiger charge is 2.36. The fraction of sp³-hybridized carbons (Fsp3) is 0.429. The molecule has 1 amide bonds. The number of nitrogens with one attached hydrogen (secondary N) is 1. The maximum Gasteiger partial charge on any atom is 0.217 e. The topological polar surface area (TPSA) is 102 Å². The molecule has 0 bridgehead atoms. The van der Waals surface area contributed by atoms with E-state index in [1.165, 1.54) is 6.92 Å². The van der Waals surface area contributed by atoms with Crippen molar-refractivity contribution in [3.05, 3.63) is 41.9 Å². The zero-order chi connectivity index (χ0) is 21.4. The Morgan fingerprint density at radius 2 is 2.07 bits per heavy atom. The van der Waals surface area contributed by atoms with Crippen LogP contribution in [0.5, 0.6) is 0 Å². The third-order valence-electron chi connectivity index (χ3n) is 5.33. The molecule has 3 aromatic heterocycles. The highest BCUT2D eigenvalue weighted by Crippen LogP contribution is 2.40. The monoisotopic (exact) mass is 406 g/mol. The number of carbonyl (C=O) groups excluding carboxylic acids is 1. The van der Waals surface area contributed by atoms with Crippen LogP contribution >= 0.6 is 0 Å². The Kier molecular flexibility index (Phi) is 5.19. The molecule has 0 aromatic carbocycles. The van der Waals surface area contributed by atoms with Crippen LogP contribution in [0.15, 0.2) is 24.7 Å². The molecule has 1 aliphatic rings. The molecule has 0 saturated heterocycles. The molecule has 0 spiro atoms. The molecule has 0 fully saturated rings. The van der Waals surface area contributed by atoms with Gasteiger partial charge in [-0.05, 0) is 33.3 Å². The van der Waals surface area contributed by atoms with Gasteiger partial charge in [-0.25, -0.2) is 9.97 Å². The zero-order valence-corrected chi connectivity index (χ0v) is 17.9. The smallest absolute Gasteiger partial charge is 0.217 e. The number of fused-ring (bicyclic) bond motifs is 3. The average Bonchev–Trinajstić information content (AvgIpc) is 3.12. The van der Waals surface area contributed by atoms with Crippen LogP contribution in [0.3, 0.4) is 0 Å². The van der Waals surface area contributed by atoms with Gasteiger partial charge in [0.25, 0.3) is 0 Å². The molecular weight excluding hydrogens is 380 g/mol. The SMILES string of the molecule is CCC1c2nnc(C)n2-c2cnc(-c3ccncc3CNC(C)=O)nc2N1C(C)C. The Hall–Kier alpha value is -3.36. The lowest BCUT2D eigenvalue weighted by molar-refractivity contribution is -0.119. The van der Waals surface area contributed by atoms with Crippen LogP contribution in [0.25, 0.3) is 17.1 Å². The second-order valence-electron chi connectivity index (χ2n) is 7.71. The maximum absolute atomic E-state index is 11.4. The van der Waals surface area contributed by atoms with Crippen LogP contribution in [0.1, 0.15) is 57.4 Å². The lowest BCUT2D eigenvalue weighted by atomic mass is 10.1. The van der Waals surface area contributed by atoms with E-state index in [2.05, 4.69) is 55.7 Å². The molecule has 0 saturated carbocycles.